The van der Waals surface area contributed by atoms with Gasteiger partial charge in [0.1, 0.15) is 9.84 Å². The highest BCUT2D eigenvalue weighted by atomic mass is 32.2. The quantitative estimate of drug-likeness (QED) is 0.721. The molecule has 5 nitrogen and oxygen atoms in total. The molecule has 0 unspecified atom stereocenters. The lowest BCUT2D eigenvalue weighted by Gasteiger charge is -2.33. The van der Waals surface area contributed by atoms with E-state index in [9.17, 15) is 8.42 Å². The van der Waals surface area contributed by atoms with Crippen LogP contribution in [0.3, 0.4) is 0 Å². The topological polar surface area (TPSA) is 55.8 Å². The van der Waals surface area contributed by atoms with Gasteiger partial charge < -0.3 is 14.4 Å². The molecule has 2 saturated heterocycles. The first-order chi connectivity index (χ1) is 8.04. The molecule has 2 aliphatic heterocycles. The second kappa shape index (κ2) is 5.65. The molecule has 0 aromatic rings. The first-order valence-electron chi connectivity index (χ1n) is 6.18. The highest BCUT2D eigenvalue weighted by molar-refractivity contribution is 7.90. The van der Waals surface area contributed by atoms with Crippen LogP contribution in [0.15, 0.2) is 0 Å². The minimum absolute atomic E-state index is 0.0212. The minimum Gasteiger partial charge on any atom is -0.350 e. The summed E-state index contributed by atoms with van der Waals surface area (Å²) >= 11 is 0. The van der Waals surface area contributed by atoms with Crippen LogP contribution in [-0.4, -0.2) is 64.5 Å². The number of ether oxygens (including phenoxy) is 2. The fourth-order valence-corrected chi connectivity index (χ4v) is 2.98. The molecule has 0 aliphatic carbocycles. The Morgan fingerprint density at radius 2 is 1.76 bits per heavy atom. The lowest BCUT2D eigenvalue weighted by Crippen LogP contribution is -2.40. The molecule has 2 rings (SSSR count). The average molecular weight is 263 g/mol. The van der Waals surface area contributed by atoms with Crippen molar-refractivity contribution in [2.75, 3.05) is 44.9 Å². The van der Waals surface area contributed by atoms with E-state index in [0.717, 1.165) is 25.9 Å². The molecule has 0 aromatic carbocycles. The SMILES string of the molecule is CS(=O)(=O)CCN1CCC(C2OCCO2)CC1. The molecular weight excluding hydrogens is 242 g/mol. The van der Waals surface area contributed by atoms with Gasteiger partial charge in [-0.05, 0) is 25.9 Å². The maximum absolute atomic E-state index is 11.1. The van der Waals surface area contributed by atoms with Gasteiger partial charge in [-0.2, -0.15) is 0 Å². The van der Waals surface area contributed by atoms with Gasteiger partial charge in [-0.1, -0.05) is 0 Å². The first-order valence-corrected chi connectivity index (χ1v) is 8.24. The molecule has 100 valence electrons. The number of piperidine rings is 1. The molecular formula is C11H21NO4S. The van der Waals surface area contributed by atoms with E-state index < -0.39 is 9.84 Å². The zero-order valence-electron chi connectivity index (χ0n) is 10.3. The minimum atomic E-state index is -2.84. The number of rotatable bonds is 4. The van der Waals surface area contributed by atoms with E-state index in [1.807, 2.05) is 0 Å². The molecule has 0 saturated carbocycles. The Labute approximate surface area is 103 Å². The van der Waals surface area contributed by atoms with Crippen molar-refractivity contribution in [2.24, 2.45) is 5.92 Å². The Morgan fingerprint density at radius 1 is 1.18 bits per heavy atom. The monoisotopic (exact) mass is 263 g/mol. The Kier molecular flexibility index (Phi) is 4.41. The average Bonchev–Trinajstić information content (AvgIpc) is 2.79. The van der Waals surface area contributed by atoms with Gasteiger partial charge >= 0.3 is 0 Å². The van der Waals surface area contributed by atoms with Crippen LogP contribution in [0.25, 0.3) is 0 Å². The van der Waals surface area contributed by atoms with Crippen molar-refractivity contribution < 1.29 is 17.9 Å². The Balaban J connectivity index is 1.70. The second-order valence-corrected chi connectivity index (χ2v) is 7.18. The second-order valence-electron chi connectivity index (χ2n) is 4.92. The summed E-state index contributed by atoms with van der Waals surface area (Å²) in [6, 6.07) is 0. The lowest BCUT2D eigenvalue weighted by molar-refractivity contribution is -0.0970. The van der Waals surface area contributed by atoms with Crippen LogP contribution in [0.2, 0.25) is 0 Å². The Bertz CT molecular complexity index is 329. The van der Waals surface area contributed by atoms with E-state index in [0.29, 0.717) is 25.7 Å². The zero-order chi connectivity index (χ0) is 12.3. The highest BCUT2D eigenvalue weighted by Crippen LogP contribution is 2.25. The van der Waals surface area contributed by atoms with Gasteiger partial charge in [0.25, 0.3) is 0 Å². The third-order valence-corrected chi connectivity index (χ3v) is 4.37. The number of likely N-dealkylation sites (tertiary alicyclic amines) is 1. The van der Waals surface area contributed by atoms with E-state index in [2.05, 4.69) is 4.90 Å². The maximum Gasteiger partial charge on any atom is 0.160 e. The van der Waals surface area contributed by atoms with Crippen LogP contribution < -0.4 is 0 Å². The standard InChI is InChI=1S/C11H21NO4S/c1-17(13,14)9-6-12-4-2-10(3-5-12)11-15-7-8-16-11/h10-11H,2-9H2,1H3. The third-order valence-electron chi connectivity index (χ3n) is 3.44. The first kappa shape index (κ1) is 13.3. The molecule has 0 N–H and O–H groups in total. The Morgan fingerprint density at radius 3 is 2.29 bits per heavy atom. The summed E-state index contributed by atoms with van der Waals surface area (Å²) in [5, 5.41) is 0. The van der Waals surface area contributed by atoms with Crippen LogP contribution >= 0.6 is 0 Å². The van der Waals surface area contributed by atoms with Crippen LogP contribution in [0, 0.1) is 5.92 Å². The van der Waals surface area contributed by atoms with Crippen LogP contribution in [0.4, 0.5) is 0 Å². The number of hydrogen-bond donors (Lipinski definition) is 0. The third kappa shape index (κ3) is 4.21. The lowest BCUT2D eigenvalue weighted by atomic mass is 9.96. The van der Waals surface area contributed by atoms with Crippen LogP contribution in [-0.2, 0) is 19.3 Å². The van der Waals surface area contributed by atoms with Crippen molar-refractivity contribution >= 4 is 9.84 Å². The molecule has 0 atom stereocenters. The summed E-state index contributed by atoms with van der Waals surface area (Å²) in [7, 11) is -2.84. The maximum atomic E-state index is 11.1. The Hall–Kier alpha value is -0.170. The van der Waals surface area contributed by atoms with Gasteiger partial charge in [0.05, 0.1) is 19.0 Å². The van der Waals surface area contributed by atoms with E-state index in [1.54, 1.807) is 0 Å². The number of sulfone groups is 1. The number of nitrogens with zero attached hydrogens (tertiary/aromatic N) is 1. The van der Waals surface area contributed by atoms with Crippen molar-refractivity contribution in [3.05, 3.63) is 0 Å². The van der Waals surface area contributed by atoms with Crippen molar-refractivity contribution in [1.29, 1.82) is 0 Å². The normalized spacial score (nSPS) is 25.5. The molecule has 0 amide bonds. The van der Waals surface area contributed by atoms with Crippen molar-refractivity contribution in [3.63, 3.8) is 0 Å². The van der Waals surface area contributed by atoms with Gasteiger partial charge in [-0.3, -0.25) is 0 Å². The zero-order valence-corrected chi connectivity index (χ0v) is 11.1. The van der Waals surface area contributed by atoms with E-state index >= 15 is 0 Å². The molecule has 17 heavy (non-hydrogen) atoms. The van der Waals surface area contributed by atoms with Crippen molar-refractivity contribution in [2.45, 2.75) is 19.1 Å². The predicted molar refractivity (Wildman–Crippen MR) is 64.6 cm³/mol. The van der Waals surface area contributed by atoms with Crippen molar-refractivity contribution in [3.8, 4) is 0 Å². The van der Waals surface area contributed by atoms with Crippen molar-refractivity contribution in [1.82, 2.24) is 4.90 Å². The molecule has 0 radical (unpaired) electrons. The fraction of sp³-hybridized carbons (Fsp3) is 1.00. The smallest absolute Gasteiger partial charge is 0.160 e. The molecule has 6 heteroatoms. The molecule has 2 aliphatic rings. The highest BCUT2D eigenvalue weighted by Gasteiger charge is 2.30. The fourth-order valence-electron chi connectivity index (χ4n) is 2.39. The van der Waals surface area contributed by atoms with Crippen LogP contribution in [0.1, 0.15) is 12.8 Å². The largest absolute Gasteiger partial charge is 0.350 e. The van der Waals surface area contributed by atoms with Gasteiger partial charge in [-0.15, -0.1) is 0 Å². The summed E-state index contributed by atoms with van der Waals surface area (Å²) in [6.07, 6.45) is 3.34. The van der Waals surface area contributed by atoms with E-state index in [4.69, 9.17) is 9.47 Å². The van der Waals surface area contributed by atoms with Crippen LogP contribution in [0.5, 0.6) is 0 Å². The number of hydrogen-bond acceptors (Lipinski definition) is 5. The molecule has 0 bridgehead atoms. The molecule has 0 spiro atoms. The van der Waals surface area contributed by atoms with Gasteiger partial charge in [0.15, 0.2) is 6.29 Å². The van der Waals surface area contributed by atoms with Gasteiger partial charge in [0.2, 0.25) is 0 Å². The summed E-state index contributed by atoms with van der Waals surface area (Å²) in [6.45, 7) is 3.96. The molecule has 2 fully saturated rings. The summed E-state index contributed by atoms with van der Waals surface area (Å²) < 4.78 is 33.2. The van der Waals surface area contributed by atoms with E-state index in [-0.39, 0.29) is 12.0 Å². The van der Waals surface area contributed by atoms with Gasteiger partial charge in [-0.25, -0.2) is 8.42 Å². The molecule has 2 heterocycles. The summed E-state index contributed by atoms with van der Waals surface area (Å²) in [4.78, 5) is 2.21. The predicted octanol–water partition coefficient (Wildman–Crippen LogP) is 0.116. The summed E-state index contributed by atoms with van der Waals surface area (Å²) in [5.41, 5.74) is 0. The van der Waals surface area contributed by atoms with Gasteiger partial charge in [0, 0.05) is 18.7 Å². The summed E-state index contributed by atoms with van der Waals surface area (Å²) in [5.74, 6) is 0.737. The van der Waals surface area contributed by atoms with E-state index in [1.165, 1.54) is 6.26 Å². The molecule has 0 aromatic heterocycles.